The van der Waals surface area contributed by atoms with Crippen LogP contribution in [0, 0.1) is 0 Å². The monoisotopic (exact) mass is 299 g/mol. The van der Waals surface area contributed by atoms with Gasteiger partial charge in [0.25, 0.3) is 0 Å². The van der Waals surface area contributed by atoms with Crippen molar-refractivity contribution in [3.8, 4) is 11.4 Å². The Kier molecular flexibility index (Phi) is 4.20. The largest absolute Gasteiger partial charge is 0.399 e. The van der Waals surface area contributed by atoms with E-state index in [0.29, 0.717) is 19.0 Å². The topological polar surface area (TPSA) is 77.2 Å². The van der Waals surface area contributed by atoms with E-state index in [1.165, 1.54) is 0 Å². The van der Waals surface area contributed by atoms with Gasteiger partial charge in [0.05, 0.1) is 13.2 Å². The molecule has 0 spiro atoms. The number of hydrogen-bond donors (Lipinski definition) is 1. The molecule has 0 amide bonds. The molecule has 6 nitrogen and oxygen atoms in total. The van der Waals surface area contributed by atoms with Crippen LogP contribution in [0.2, 0.25) is 0 Å². The summed E-state index contributed by atoms with van der Waals surface area (Å²) in [6, 6.07) is 7.61. The first-order valence-electron chi connectivity index (χ1n) is 7.58. The van der Waals surface area contributed by atoms with E-state index < -0.39 is 0 Å². The zero-order valence-electron chi connectivity index (χ0n) is 13.0. The first kappa shape index (κ1) is 14.7. The van der Waals surface area contributed by atoms with Gasteiger partial charge in [-0.25, -0.2) is 4.98 Å². The van der Waals surface area contributed by atoms with Crippen molar-refractivity contribution in [3.05, 3.63) is 30.1 Å². The summed E-state index contributed by atoms with van der Waals surface area (Å²) >= 11 is 0. The van der Waals surface area contributed by atoms with E-state index in [9.17, 15) is 0 Å². The Morgan fingerprint density at radius 3 is 2.36 bits per heavy atom. The minimum absolute atomic E-state index is 0.246. The fourth-order valence-electron chi connectivity index (χ4n) is 2.30. The van der Waals surface area contributed by atoms with Gasteiger partial charge < -0.3 is 15.4 Å². The normalized spacial score (nSPS) is 15.3. The molecule has 1 aromatic heterocycles. The predicted molar refractivity (Wildman–Crippen MR) is 86.8 cm³/mol. The fraction of sp³-hybridized carbons (Fsp3) is 0.438. The molecule has 1 saturated heterocycles. The molecule has 2 aromatic rings. The average molecular weight is 299 g/mol. The summed E-state index contributed by atoms with van der Waals surface area (Å²) in [5, 5.41) is 0. The van der Waals surface area contributed by atoms with Gasteiger partial charge in [-0.05, 0) is 24.3 Å². The van der Waals surface area contributed by atoms with Crippen LogP contribution < -0.4 is 10.6 Å². The second kappa shape index (κ2) is 6.27. The van der Waals surface area contributed by atoms with Gasteiger partial charge in [0.2, 0.25) is 5.95 Å². The molecule has 0 unspecified atom stereocenters. The third-order valence-electron chi connectivity index (χ3n) is 3.62. The molecular weight excluding hydrogens is 278 g/mol. The number of ether oxygens (including phenoxy) is 1. The van der Waals surface area contributed by atoms with Crippen molar-refractivity contribution >= 4 is 11.6 Å². The highest BCUT2D eigenvalue weighted by Crippen LogP contribution is 2.22. The third-order valence-corrected chi connectivity index (χ3v) is 3.62. The van der Waals surface area contributed by atoms with Crippen LogP contribution in [0.1, 0.15) is 25.6 Å². The number of rotatable bonds is 3. The Morgan fingerprint density at radius 2 is 1.73 bits per heavy atom. The third kappa shape index (κ3) is 3.17. The van der Waals surface area contributed by atoms with Crippen molar-refractivity contribution in [2.45, 2.75) is 19.8 Å². The summed E-state index contributed by atoms with van der Waals surface area (Å²) in [5.74, 6) is 2.48. The van der Waals surface area contributed by atoms with Crippen LogP contribution in [0.5, 0.6) is 0 Å². The Labute approximate surface area is 130 Å². The molecule has 6 heteroatoms. The summed E-state index contributed by atoms with van der Waals surface area (Å²) in [7, 11) is 0. The van der Waals surface area contributed by atoms with Crippen LogP contribution in [0.25, 0.3) is 11.4 Å². The summed E-state index contributed by atoms with van der Waals surface area (Å²) in [5.41, 5.74) is 7.44. The first-order valence-corrected chi connectivity index (χ1v) is 7.58. The van der Waals surface area contributed by atoms with Gasteiger partial charge in [-0.1, -0.05) is 13.8 Å². The van der Waals surface area contributed by atoms with Crippen molar-refractivity contribution in [1.82, 2.24) is 15.0 Å². The van der Waals surface area contributed by atoms with Crippen LogP contribution >= 0.6 is 0 Å². The summed E-state index contributed by atoms with van der Waals surface area (Å²) in [6.45, 7) is 7.21. The molecule has 0 bridgehead atoms. The molecule has 0 atom stereocenters. The summed E-state index contributed by atoms with van der Waals surface area (Å²) < 4.78 is 5.40. The zero-order chi connectivity index (χ0) is 15.5. The number of morpholine rings is 1. The van der Waals surface area contributed by atoms with E-state index in [1.807, 2.05) is 24.3 Å². The molecule has 1 aliphatic heterocycles. The molecule has 1 fully saturated rings. The van der Waals surface area contributed by atoms with Gasteiger partial charge in [0, 0.05) is 30.3 Å². The van der Waals surface area contributed by atoms with E-state index in [-0.39, 0.29) is 5.92 Å². The second-order valence-corrected chi connectivity index (χ2v) is 5.69. The van der Waals surface area contributed by atoms with Gasteiger partial charge >= 0.3 is 0 Å². The molecule has 1 aliphatic rings. The van der Waals surface area contributed by atoms with Gasteiger partial charge in [-0.3, -0.25) is 0 Å². The number of nitrogen functional groups attached to an aromatic ring is 1. The van der Waals surface area contributed by atoms with Crippen LogP contribution in [-0.4, -0.2) is 41.3 Å². The second-order valence-electron chi connectivity index (χ2n) is 5.69. The van der Waals surface area contributed by atoms with E-state index in [1.54, 1.807) is 0 Å². The number of hydrogen-bond acceptors (Lipinski definition) is 6. The average Bonchev–Trinajstić information content (AvgIpc) is 2.56. The van der Waals surface area contributed by atoms with Gasteiger partial charge in [-0.15, -0.1) is 0 Å². The molecule has 22 heavy (non-hydrogen) atoms. The van der Waals surface area contributed by atoms with Gasteiger partial charge in [-0.2, -0.15) is 9.97 Å². The van der Waals surface area contributed by atoms with Crippen molar-refractivity contribution < 1.29 is 4.74 Å². The molecule has 0 saturated carbocycles. The zero-order valence-corrected chi connectivity index (χ0v) is 13.0. The SMILES string of the molecule is CC(C)c1nc(-c2ccc(N)cc2)nc(N2CCOCC2)n1. The number of nitrogens with zero attached hydrogens (tertiary/aromatic N) is 4. The molecular formula is C16H21N5O. The van der Waals surface area contributed by atoms with Crippen LogP contribution in [0.15, 0.2) is 24.3 Å². The standard InChI is InChI=1S/C16H21N5O/c1-11(2)14-18-15(12-3-5-13(17)6-4-12)20-16(19-14)21-7-9-22-10-8-21/h3-6,11H,7-10,17H2,1-2H3. The minimum atomic E-state index is 0.246. The van der Waals surface area contributed by atoms with Crippen molar-refractivity contribution in [1.29, 1.82) is 0 Å². The van der Waals surface area contributed by atoms with Crippen LogP contribution in [-0.2, 0) is 4.74 Å². The Morgan fingerprint density at radius 1 is 1.05 bits per heavy atom. The lowest BCUT2D eigenvalue weighted by molar-refractivity contribution is 0.122. The molecule has 0 aliphatic carbocycles. The van der Waals surface area contributed by atoms with Crippen molar-refractivity contribution in [3.63, 3.8) is 0 Å². The number of anilines is 2. The smallest absolute Gasteiger partial charge is 0.229 e. The first-order chi connectivity index (χ1) is 10.6. The van der Waals surface area contributed by atoms with E-state index in [4.69, 9.17) is 10.5 Å². The highest BCUT2D eigenvalue weighted by Gasteiger charge is 2.18. The van der Waals surface area contributed by atoms with Crippen LogP contribution in [0.4, 0.5) is 11.6 Å². The van der Waals surface area contributed by atoms with Crippen molar-refractivity contribution in [2.24, 2.45) is 0 Å². The van der Waals surface area contributed by atoms with E-state index >= 15 is 0 Å². The Balaban J connectivity index is 2.01. The fourth-order valence-corrected chi connectivity index (χ4v) is 2.30. The van der Waals surface area contributed by atoms with Gasteiger partial charge in [0.15, 0.2) is 5.82 Å². The Hall–Kier alpha value is -2.21. The van der Waals surface area contributed by atoms with Gasteiger partial charge in [0.1, 0.15) is 5.82 Å². The predicted octanol–water partition coefficient (Wildman–Crippen LogP) is 2.08. The summed E-state index contributed by atoms with van der Waals surface area (Å²) in [6.07, 6.45) is 0. The maximum Gasteiger partial charge on any atom is 0.229 e. The minimum Gasteiger partial charge on any atom is -0.399 e. The van der Waals surface area contributed by atoms with E-state index in [0.717, 1.165) is 36.1 Å². The molecule has 0 radical (unpaired) electrons. The highest BCUT2D eigenvalue weighted by atomic mass is 16.5. The molecule has 3 rings (SSSR count). The van der Waals surface area contributed by atoms with E-state index in [2.05, 4.69) is 33.7 Å². The molecule has 2 heterocycles. The molecule has 116 valence electrons. The van der Waals surface area contributed by atoms with Crippen LogP contribution in [0.3, 0.4) is 0 Å². The quantitative estimate of drug-likeness (QED) is 0.874. The lowest BCUT2D eigenvalue weighted by atomic mass is 10.1. The maximum absolute atomic E-state index is 5.75. The molecule has 2 N–H and O–H groups in total. The lowest BCUT2D eigenvalue weighted by Crippen LogP contribution is -2.37. The Bertz CT molecular complexity index is 635. The number of aromatic nitrogens is 3. The summed E-state index contributed by atoms with van der Waals surface area (Å²) in [4.78, 5) is 16.0. The maximum atomic E-state index is 5.75. The number of benzene rings is 1. The lowest BCUT2D eigenvalue weighted by Gasteiger charge is -2.27. The molecule has 1 aromatic carbocycles. The van der Waals surface area contributed by atoms with Crippen molar-refractivity contribution in [2.75, 3.05) is 36.9 Å². The highest BCUT2D eigenvalue weighted by molar-refractivity contribution is 5.59. The number of nitrogens with two attached hydrogens (primary N) is 1.